The summed E-state index contributed by atoms with van der Waals surface area (Å²) in [5.41, 5.74) is 3.90. The Morgan fingerprint density at radius 3 is 1.18 bits per heavy atom. The highest BCUT2D eigenvalue weighted by atomic mass is 32.2. The van der Waals surface area contributed by atoms with Crippen LogP contribution in [0.5, 0.6) is 0 Å². The normalized spacial score (nSPS) is 24.1. The van der Waals surface area contributed by atoms with Crippen molar-refractivity contribution in [2.45, 2.75) is 178 Å². The van der Waals surface area contributed by atoms with E-state index >= 15 is 0 Å². The van der Waals surface area contributed by atoms with Crippen molar-refractivity contribution >= 4 is 31.0 Å². The highest BCUT2D eigenvalue weighted by Crippen LogP contribution is 2.51. The topological polar surface area (TPSA) is 133 Å². The molecule has 10 heteroatoms. The van der Waals surface area contributed by atoms with E-state index < -0.39 is 42.7 Å². The average Bonchev–Trinajstić information content (AvgIpc) is 3.44. The van der Waals surface area contributed by atoms with Crippen LogP contribution in [0, 0.1) is 10.8 Å². The number of fused-ring (bicyclic) bond motifs is 2. The fraction of sp³-hybridized carbons (Fsp3) is 0.571. The number of benzene rings is 4. The summed E-state index contributed by atoms with van der Waals surface area (Å²) in [7, 11) is -7.08. The first-order valence-corrected chi connectivity index (χ1v) is 28.7. The third-order valence-corrected chi connectivity index (χ3v) is 18.7. The molecule has 0 unspecified atom stereocenters. The zero-order valence-corrected chi connectivity index (χ0v) is 42.7. The van der Waals surface area contributed by atoms with Gasteiger partial charge in [0.25, 0.3) is 0 Å². The molecule has 66 heavy (non-hydrogen) atoms. The summed E-state index contributed by atoms with van der Waals surface area (Å²) in [5.74, 6) is -0.760. The number of hydrogen-bond donors (Lipinski definition) is 4. The predicted octanol–water partition coefficient (Wildman–Crippen LogP) is 13.1. The summed E-state index contributed by atoms with van der Waals surface area (Å²) in [6, 6.07) is 31.1. The summed E-state index contributed by atoms with van der Waals surface area (Å²) in [4.78, 5) is 0.748. The molecule has 0 aromatic heterocycles. The van der Waals surface area contributed by atoms with E-state index in [4.69, 9.17) is 0 Å². The minimum atomic E-state index is -3.54. The second-order valence-corrected chi connectivity index (χ2v) is 23.2. The first-order chi connectivity index (χ1) is 31.8. The minimum absolute atomic E-state index is 0.00219. The lowest BCUT2D eigenvalue weighted by Gasteiger charge is -2.39. The molecule has 6 atom stereocenters. The monoisotopic (exact) mass is 943 g/mol. The van der Waals surface area contributed by atoms with E-state index in [9.17, 15) is 27.0 Å². The fourth-order valence-corrected chi connectivity index (χ4v) is 15.1. The van der Waals surface area contributed by atoms with Gasteiger partial charge >= 0.3 is 0 Å². The van der Waals surface area contributed by atoms with Crippen LogP contribution in [-0.2, 0) is 19.7 Å². The van der Waals surface area contributed by atoms with Crippen LogP contribution in [0.4, 0.5) is 11.4 Å². The maximum absolute atomic E-state index is 13.7. The molecule has 0 saturated heterocycles. The summed E-state index contributed by atoms with van der Waals surface area (Å²) in [5, 5.41) is 30.8. The highest BCUT2D eigenvalue weighted by molar-refractivity contribution is 7.91. The Morgan fingerprint density at radius 2 is 0.848 bits per heavy atom. The van der Waals surface area contributed by atoms with Crippen LogP contribution in [0.1, 0.15) is 178 Å². The molecular weight excluding hydrogens is 861 g/mol. The fourth-order valence-electron chi connectivity index (χ4n) is 10.6. The summed E-state index contributed by atoms with van der Waals surface area (Å²) >= 11 is 0. The first-order valence-electron chi connectivity index (χ1n) is 25.4. The van der Waals surface area contributed by atoms with E-state index in [1.165, 1.54) is 38.5 Å². The smallest absolute Gasteiger partial charge is 0.179 e. The van der Waals surface area contributed by atoms with Crippen LogP contribution < -0.4 is 10.6 Å². The van der Waals surface area contributed by atoms with E-state index in [2.05, 4.69) is 38.3 Å². The first kappa shape index (κ1) is 53.3. The van der Waals surface area contributed by atoms with E-state index in [0.717, 1.165) is 85.2 Å². The van der Waals surface area contributed by atoms with Gasteiger partial charge < -0.3 is 20.8 Å². The van der Waals surface area contributed by atoms with Crippen LogP contribution in [0.2, 0.25) is 0 Å². The van der Waals surface area contributed by atoms with Gasteiger partial charge in [-0.1, -0.05) is 166 Å². The maximum atomic E-state index is 13.7. The number of rotatable bonds is 22. The van der Waals surface area contributed by atoms with Crippen molar-refractivity contribution in [1.29, 1.82) is 0 Å². The molecule has 8 nitrogen and oxygen atoms in total. The SMILES string of the molecule is CCCCCCNc1ccc2c(c1)[C@@H](c1ccccc1)[C@@H](O)[C@](CC)(CCCC)CS2(=O)=O.CCCCCCNc1ccc2c(c1)[C@H](c1ccccc1)[C@H](O)[C@](CC)(CCCC)CS2(=O)=O. The highest BCUT2D eigenvalue weighted by Gasteiger charge is 2.50. The lowest BCUT2D eigenvalue weighted by atomic mass is 9.69. The largest absolute Gasteiger partial charge is 0.392 e. The molecule has 0 spiro atoms. The van der Waals surface area contributed by atoms with Gasteiger partial charge in [-0.05, 0) is 97.2 Å². The van der Waals surface area contributed by atoms with E-state index in [1.807, 2.05) is 98.8 Å². The Balaban J connectivity index is 0.000000247. The Morgan fingerprint density at radius 1 is 0.485 bits per heavy atom. The number of anilines is 2. The van der Waals surface area contributed by atoms with Crippen molar-refractivity contribution in [1.82, 2.24) is 0 Å². The number of aliphatic hydroxyl groups is 2. The molecule has 2 aliphatic rings. The molecular formula is C56H82N2O6S2. The maximum Gasteiger partial charge on any atom is 0.179 e. The number of nitrogens with one attached hydrogen (secondary N) is 2. The van der Waals surface area contributed by atoms with E-state index in [0.29, 0.717) is 35.5 Å². The number of sulfone groups is 2. The van der Waals surface area contributed by atoms with Gasteiger partial charge in [0.15, 0.2) is 19.7 Å². The van der Waals surface area contributed by atoms with Crippen LogP contribution in [0.3, 0.4) is 0 Å². The molecule has 4 aromatic rings. The second-order valence-electron chi connectivity index (χ2n) is 19.3. The van der Waals surface area contributed by atoms with Crippen molar-refractivity contribution in [3.63, 3.8) is 0 Å². The van der Waals surface area contributed by atoms with Gasteiger partial charge in [-0.25, -0.2) is 16.8 Å². The van der Waals surface area contributed by atoms with E-state index in [1.54, 1.807) is 12.1 Å². The molecule has 0 bridgehead atoms. The van der Waals surface area contributed by atoms with Gasteiger partial charge in [-0.2, -0.15) is 0 Å². The second kappa shape index (κ2) is 25.1. The molecule has 4 aromatic carbocycles. The molecule has 2 aliphatic heterocycles. The Hall–Kier alpha value is -3.70. The third-order valence-electron chi connectivity index (χ3n) is 14.7. The van der Waals surface area contributed by atoms with Crippen LogP contribution in [0.25, 0.3) is 0 Å². The Labute approximate surface area is 399 Å². The van der Waals surface area contributed by atoms with Crippen molar-refractivity contribution < 1.29 is 27.0 Å². The van der Waals surface area contributed by atoms with Crippen LogP contribution in [0.15, 0.2) is 107 Å². The lowest BCUT2D eigenvalue weighted by molar-refractivity contribution is 0.0173. The predicted molar refractivity (Wildman–Crippen MR) is 275 cm³/mol. The minimum Gasteiger partial charge on any atom is -0.392 e. The van der Waals surface area contributed by atoms with Gasteiger partial charge in [0, 0.05) is 47.1 Å². The zero-order chi connectivity index (χ0) is 47.8. The molecule has 2 heterocycles. The van der Waals surface area contributed by atoms with Crippen LogP contribution >= 0.6 is 0 Å². The van der Waals surface area contributed by atoms with E-state index in [-0.39, 0.29) is 23.3 Å². The summed E-state index contributed by atoms with van der Waals surface area (Å²) in [6.07, 6.45) is 14.3. The molecule has 4 N–H and O–H groups in total. The van der Waals surface area contributed by atoms with Crippen LogP contribution in [-0.4, -0.2) is 63.9 Å². The molecule has 0 fully saturated rings. The van der Waals surface area contributed by atoms with Gasteiger partial charge in [-0.3, -0.25) is 0 Å². The zero-order valence-electron chi connectivity index (χ0n) is 41.0. The number of aliphatic hydroxyl groups excluding tert-OH is 2. The standard InChI is InChI=1S/2C28H41NO3S/c2*1-4-7-9-13-19-29-23-16-17-25-24(20-23)26(22-14-11-10-12-15-22)27(30)28(6-3,18-8-5-2)21-33(25,31)32/h2*10-12,14-17,20,26-27,29-30H,4-9,13,18-19,21H2,1-3H3/t26-,27-,28+;26-,27-,28-/m01/s1. The third kappa shape index (κ3) is 12.9. The number of unbranched alkanes of at least 4 members (excludes halogenated alkanes) is 8. The quantitative estimate of drug-likeness (QED) is 0.0573. The molecule has 364 valence electrons. The molecule has 6 rings (SSSR count). The average molecular weight is 943 g/mol. The molecule has 0 aliphatic carbocycles. The van der Waals surface area contributed by atoms with Crippen molar-refractivity contribution in [3.8, 4) is 0 Å². The molecule has 0 radical (unpaired) electrons. The Kier molecular flexibility index (Phi) is 20.2. The van der Waals surface area contributed by atoms with Gasteiger partial charge in [-0.15, -0.1) is 0 Å². The molecule has 0 saturated carbocycles. The lowest BCUT2D eigenvalue weighted by Crippen LogP contribution is -2.42. The number of hydrogen-bond acceptors (Lipinski definition) is 8. The van der Waals surface area contributed by atoms with Gasteiger partial charge in [0.05, 0.1) is 33.5 Å². The van der Waals surface area contributed by atoms with Crippen molar-refractivity contribution in [2.24, 2.45) is 10.8 Å². The summed E-state index contributed by atoms with van der Waals surface area (Å²) < 4.78 is 54.7. The Bertz CT molecular complexity index is 2140. The van der Waals surface area contributed by atoms with Crippen molar-refractivity contribution in [2.75, 3.05) is 35.2 Å². The van der Waals surface area contributed by atoms with Gasteiger partial charge in [0.1, 0.15) is 0 Å². The summed E-state index contributed by atoms with van der Waals surface area (Å²) in [6.45, 7) is 14.4. The molecule has 0 amide bonds. The van der Waals surface area contributed by atoms with Gasteiger partial charge in [0.2, 0.25) is 0 Å². The van der Waals surface area contributed by atoms with Crippen molar-refractivity contribution in [3.05, 3.63) is 119 Å².